The van der Waals surface area contributed by atoms with Crippen LogP contribution in [0.5, 0.6) is 0 Å². The third-order valence-corrected chi connectivity index (χ3v) is 3.47. The van der Waals surface area contributed by atoms with Crippen LogP contribution in [0.2, 0.25) is 0 Å². The summed E-state index contributed by atoms with van der Waals surface area (Å²) in [5.41, 5.74) is 0.359. The number of rotatable bonds is 1. The van der Waals surface area contributed by atoms with Gasteiger partial charge in [0.2, 0.25) is 0 Å². The van der Waals surface area contributed by atoms with E-state index in [0.29, 0.717) is 5.60 Å². The van der Waals surface area contributed by atoms with Gasteiger partial charge in [0, 0.05) is 7.11 Å². The minimum absolute atomic E-state index is 0.359. The fourth-order valence-corrected chi connectivity index (χ4v) is 2.59. The standard InChI is InChI=1S/C9H16O/c1-10-9-6-3-2-4-8(9)5-7-9/h8H,2-7H2,1H3. The summed E-state index contributed by atoms with van der Waals surface area (Å²) in [6, 6.07) is 0. The largest absolute Gasteiger partial charge is 0.378 e. The van der Waals surface area contributed by atoms with Gasteiger partial charge in [-0.15, -0.1) is 0 Å². The minimum atomic E-state index is 0.359. The number of hydrogen-bond donors (Lipinski definition) is 0. The maximum absolute atomic E-state index is 5.58. The van der Waals surface area contributed by atoms with Crippen LogP contribution in [0.1, 0.15) is 38.5 Å². The molecule has 0 spiro atoms. The molecule has 10 heavy (non-hydrogen) atoms. The Morgan fingerprint density at radius 3 is 2.50 bits per heavy atom. The van der Waals surface area contributed by atoms with E-state index in [1.165, 1.54) is 38.5 Å². The van der Waals surface area contributed by atoms with Crippen molar-refractivity contribution in [2.75, 3.05) is 7.11 Å². The van der Waals surface area contributed by atoms with Crippen molar-refractivity contribution in [1.82, 2.24) is 0 Å². The van der Waals surface area contributed by atoms with Gasteiger partial charge >= 0.3 is 0 Å². The molecule has 2 fully saturated rings. The summed E-state index contributed by atoms with van der Waals surface area (Å²) in [5.74, 6) is 0.922. The van der Waals surface area contributed by atoms with Gasteiger partial charge in [0.05, 0.1) is 5.60 Å². The van der Waals surface area contributed by atoms with Crippen molar-refractivity contribution in [3.05, 3.63) is 0 Å². The number of ether oxygens (including phenoxy) is 1. The van der Waals surface area contributed by atoms with Crippen molar-refractivity contribution in [2.24, 2.45) is 5.92 Å². The highest BCUT2D eigenvalue weighted by Gasteiger charge is 2.47. The fourth-order valence-electron chi connectivity index (χ4n) is 2.59. The minimum Gasteiger partial charge on any atom is -0.378 e. The third kappa shape index (κ3) is 0.731. The molecule has 0 N–H and O–H groups in total. The summed E-state index contributed by atoms with van der Waals surface area (Å²) < 4.78 is 5.58. The SMILES string of the molecule is COC12CCCCC1CC2. The van der Waals surface area contributed by atoms with Gasteiger partial charge in [0.15, 0.2) is 0 Å². The Morgan fingerprint density at radius 2 is 2.10 bits per heavy atom. The second-order valence-corrected chi connectivity index (χ2v) is 3.75. The van der Waals surface area contributed by atoms with E-state index in [1.54, 1.807) is 0 Å². The quantitative estimate of drug-likeness (QED) is 0.543. The molecule has 2 saturated carbocycles. The van der Waals surface area contributed by atoms with E-state index >= 15 is 0 Å². The Morgan fingerprint density at radius 1 is 1.20 bits per heavy atom. The molecule has 0 bridgehead atoms. The maximum atomic E-state index is 5.58. The van der Waals surface area contributed by atoms with Gasteiger partial charge < -0.3 is 4.74 Å². The predicted molar refractivity (Wildman–Crippen MR) is 40.9 cm³/mol. The molecule has 2 aliphatic carbocycles. The van der Waals surface area contributed by atoms with Crippen molar-refractivity contribution < 1.29 is 4.74 Å². The zero-order valence-corrected chi connectivity index (χ0v) is 6.73. The van der Waals surface area contributed by atoms with Gasteiger partial charge in [-0.05, 0) is 31.6 Å². The van der Waals surface area contributed by atoms with Gasteiger partial charge in [-0.3, -0.25) is 0 Å². The lowest BCUT2D eigenvalue weighted by Gasteiger charge is -2.51. The number of fused-ring (bicyclic) bond motifs is 1. The highest BCUT2D eigenvalue weighted by atomic mass is 16.5. The first kappa shape index (κ1) is 6.66. The Labute approximate surface area is 62.8 Å². The average molecular weight is 140 g/mol. The average Bonchev–Trinajstić information content (AvgIpc) is 1.93. The molecule has 2 unspecified atom stereocenters. The first-order chi connectivity index (χ1) is 4.87. The second kappa shape index (κ2) is 2.23. The predicted octanol–water partition coefficient (Wildman–Crippen LogP) is 2.36. The van der Waals surface area contributed by atoms with Crippen molar-refractivity contribution >= 4 is 0 Å². The van der Waals surface area contributed by atoms with Crippen molar-refractivity contribution in [2.45, 2.75) is 44.1 Å². The smallest absolute Gasteiger partial charge is 0.0706 e. The van der Waals surface area contributed by atoms with E-state index in [4.69, 9.17) is 4.74 Å². The molecule has 0 aromatic carbocycles. The summed E-state index contributed by atoms with van der Waals surface area (Å²) >= 11 is 0. The molecule has 58 valence electrons. The highest BCUT2D eigenvalue weighted by Crippen LogP contribution is 2.50. The molecule has 2 atom stereocenters. The normalized spacial score (nSPS) is 45.9. The molecular weight excluding hydrogens is 124 g/mol. The molecular formula is C9H16O. The molecule has 0 aliphatic heterocycles. The molecule has 1 heteroatoms. The molecule has 0 aromatic rings. The van der Waals surface area contributed by atoms with E-state index in [-0.39, 0.29) is 0 Å². The summed E-state index contributed by atoms with van der Waals surface area (Å²) in [7, 11) is 1.89. The summed E-state index contributed by atoms with van der Waals surface area (Å²) in [6.07, 6.45) is 8.34. The molecule has 0 aromatic heterocycles. The highest BCUT2D eigenvalue weighted by molar-refractivity contribution is 4.99. The van der Waals surface area contributed by atoms with E-state index in [1.807, 2.05) is 7.11 Å². The van der Waals surface area contributed by atoms with E-state index < -0.39 is 0 Å². The van der Waals surface area contributed by atoms with Gasteiger partial charge in [-0.1, -0.05) is 12.8 Å². The first-order valence-corrected chi connectivity index (χ1v) is 4.42. The van der Waals surface area contributed by atoms with Crippen LogP contribution in [0.4, 0.5) is 0 Å². The lowest BCUT2D eigenvalue weighted by atomic mass is 9.62. The Bertz CT molecular complexity index is 129. The Kier molecular flexibility index (Phi) is 1.48. The van der Waals surface area contributed by atoms with Crippen LogP contribution in [-0.4, -0.2) is 12.7 Å². The van der Waals surface area contributed by atoms with Crippen LogP contribution in [0, 0.1) is 5.92 Å². The van der Waals surface area contributed by atoms with Gasteiger partial charge in [-0.25, -0.2) is 0 Å². The molecule has 2 aliphatic rings. The van der Waals surface area contributed by atoms with Crippen LogP contribution in [-0.2, 0) is 4.74 Å². The van der Waals surface area contributed by atoms with Gasteiger partial charge in [0.1, 0.15) is 0 Å². The number of methoxy groups -OCH3 is 1. The molecule has 0 heterocycles. The molecule has 1 nitrogen and oxygen atoms in total. The van der Waals surface area contributed by atoms with E-state index in [9.17, 15) is 0 Å². The van der Waals surface area contributed by atoms with Crippen LogP contribution in [0.3, 0.4) is 0 Å². The monoisotopic (exact) mass is 140 g/mol. The van der Waals surface area contributed by atoms with E-state index in [2.05, 4.69) is 0 Å². The lowest BCUT2D eigenvalue weighted by molar-refractivity contribution is -0.145. The van der Waals surface area contributed by atoms with Crippen molar-refractivity contribution in [3.63, 3.8) is 0 Å². The Balaban J connectivity index is 2.04. The third-order valence-electron chi connectivity index (χ3n) is 3.47. The van der Waals surface area contributed by atoms with Crippen molar-refractivity contribution in [3.8, 4) is 0 Å². The first-order valence-electron chi connectivity index (χ1n) is 4.42. The zero-order chi connectivity index (χ0) is 7.03. The molecule has 0 amide bonds. The topological polar surface area (TPSA) is 9.23 Å². The van der Waals surface area contributed by atoms with Gasteiger partial charge in [0.25, 0.3) is 0 Å². The second-order valence-electron chi connectivity index (χ2n) is 3.75. The summed E-state index contributed by atoms with van der Waals surface area (Å²) in [4.78, 5) is 0. The van der Waals surface area contributed by atoms with E-state index in [0.717, 1.165) is 5.92 Å². The lowest BCUT2D eigenvalue weighted by Crippen LogP contribution is -2.50. The Hall–Kier alpha value is -0.0400. The molecule has 2 rings (SSSR count). The molecule has 0 saturated heterocycles. The van der Waals surface area contributed by atoms with Crippen LogP contribution in [0.25, 0.3) is 0 Å². The maximum Gasteiger partial charge on any atom is 0.0706 e. The number of hydrogen-bond acceptors (Lipinski definition) is 1. The van der Waals surface area contributed by atoms with Crippen LogP contribution >= 0.6 is 0 Å². The van der Waals surface area contributed by atoms with Crippen LogP contribution < -0.4 is 0 Å². The summed E-state index contributed by atoms with van der Waals surface area (Å²) in [6.45, 7) is 0. The van der Waals surface area contributed by atoms with Crippen molar-refractivity contribution in [1.29, 1.82) is 0 Å². The zero-order valence-electron chi connectivity index (χ0n) is 6.73. The van der Waals surface area contributed by atoms with Gasteiger partial charge in [-0.2, -0.15) is 0 Å². The summed E-state index contributed by atoms with van der Waals surface area (Å²) in [5, 5.41) is 0. The molecule has 0 radical (unpaired) electrons. The fraction of sp³-hybridized carbons (Fsp3) is 1.00. The van der Waals surface area contributed by atoms with Crippen LogP contribution in [0.15, 0.2) is 0 Å².